The zero-order chi connectivity index (χ0) is 9.14. The molecular formula is C6H10N4O2. The van der Waals surface area contributed by atoms with Gasteiger partial charge in [-0.1, -0.05) is 0 Å². The second kappa shape index (κ2) is 3.21. The molecule has 1 heterocycles. The standard InChI is InChI=1S/C6H10N4O2/c1-4-8-9-5(10(4)2)7-6(11)12-3/h1-3H3,(H,7,9,11). The molecule has 0 unspecified atom stereocenters. The van der Waals surface area contributed by atoms with Crippen LogP contribution in [0.1, 0.15) is 5.82 Å². The number of aryl methyl sites for hydroxylation is 1. The van der Waals surface area contributed by atoms with E-state index in [1.54, 1.807) is 18.5 Å². The molecule has 66 valence electrons. The molecule has 12 heavy (non-hydrogen) atoms. The van der Waals surface area contributed by atoms with Gasteiger partial charge in [0.1, 0.15) is 5.82 Å². The van der Waals surface area contributed by atoms with Gasteiger partial charge in [0, 0.05) is 7.05 Å². The van der Waals surface area contributed by atoms with Crippen LogP contribution in [-0.4, -0.2) is 28.0 Å². The highest BCUT2D eigenvalue weighted by Crippen LogP contribution is 2.02. The normalized spacial score (nSPS) is 9.58. The van der Waals surface area contributed by atoms with E-state index in [-0.39, 0.29) is 0 Å². The van der Waals surface area contributed by atoms with Crippen LogP contribution in [0.3, 0.4) is 0 Å². The molecule has 6 nitrogen and oxygen atoms in total. The lowest BCUT2D eigenvalue weighted by Gasteiger charge is -2.01. The molecule has 0 saturated heterocycles. The Morgan fingerprint density at radius 1 is 1.58 bits per heavy atom. The summed E-state index contributed by atoms with van der Waals surface area (Å²) >= 11 is 0. The number of aromatic nitrogens is 3. The van der Waals surface area contributed by atoms with Gasteiger partial charge in [0.15, 0.2) is 0 Å². The van der Waals surface area contributed by atoms with Crippen LogP contribution >= 0.6 is 0 Å². The molecule has 0 bridgehead atoms. The second-order valence-corrected chi connectivity index (χ2v) is 2.25. The van der Waals surface area contributed by atoms with Gasteiger partial charge in [-0.05, 0) is 6.92 Å². The van der Waals surface area contributed by atoms with Crippen LogP contribution in [0.4, 0.5) is 10.7 Å². The number of nitrogens with zero attached hydrogens (tertiary/aromatic N) is 3. The van der Waals surface area contributed by atoms with Crippen molar-refractivity contribution in [3.8, 4) is 0 Å². The van der Waals surface area contributed by atoms with E-state index < -0.39 is 6.09 Å². The molecule has 1 rings (SSSR count). The molecule has 1 aromatic heterocycles. The molecule has 0 aliphatic rings. The summed E-state index contributed by atoms with van der Waals surface area (Å²) in [5, 5.41) is 9.86. The topological polar surface area (TPSA) is 69.0 Å². The minimum absolute atomic E-state index is 0.374. The summed E-state index contributed by atoms with van der Waals surface area (Å²) in [6, 6.07) is 0. The Kier molecular flexibility index (Phi) is 2.27. The minimum atomic E-state index is -0.550. The van der Waals surface area contributed by atoms with E-state index in [2.05, 4.69) is 20.3 Å². The maximum Gasteiger partial charge on any atom is 0.413 e. The van der Waals surface area contributed by atoms with E-state index in [1.807, 2.05) is 0 Å². The van der Waals surface area contributed by atoms with E-state index in [4.69, 9.17) is 0 Å². The average Bonchev–Trinajstić information content (AvgIpc) is 2.36. The lowest BCUT2D eigenvalue weighted by molar-refractivity contribution is 0.186. The van der Waals surface area contributed by atoms with Crippen molar-refractivity contribution in [3.63, 3.8) is 0 Å². The van der Waals surface area contributed by atoms with Gasteiger partial charge in [-0.15, -0.1) is 10.2 Å². The summed E-state index contributed by atoms with van der Waals surface area (Å²) in [4.78, 5) is 10.7. The van der Waals surface area contributed by atoms with E-state index >= 15 is 0 Å². The third-order valence-corrected chi connectivity index (χ3v) is 1.49. The van der Waals surface area contributed by atoms with Crippen LogP contribution in [0.25, 0.3) is 0 Å². The Morgan fingerprint density at radius 3 is 2.67 bits per heavy atom. The van der Waals surface area contributed by atoms with Crippen molar-refractivity contribution >= 4 is 12.0 Å². The minimum Gasteiger partial charge on any atom is -0.453 e. The highest BCUT2D eigenvalue weighted by atomic mass is 16.5. The summed E-state index contributed by atoms with van der Waals surface area (Å²) in [7, 11) is 3.04. The number of ether oxygens (including phenoxy) is 1. The Labute approximate surface area is 69.5 Å². The summed E-state index contributed by atoms with van der Waals surface area (Å²) in [6.07, 6.45) is -0.550. The number of carbonyl (C=O) groups excluding carboxylic acids is 1. The van der Waals surface area contributed by atoms with Crippen LogP contribution < -0.4 is 5.32 Å². The molecule has 6 heteroatoms. The summed E-state index contributed by atoms with van der Waals surface area (Å²) in [5.74, 6) is 1.10. The number of rotatable bonds is 1. The van der Waals surface area contributed by atoms with E-state index in [9.17, 15) is 4.79 Å². The SMILES string of the molecule is COC(=O)Nc1nnc(C)n1C. The van der Waals surface area contributed by atoms with Gasteiger partial charge >= 0.3 is 6.09 Å². The number of amides is 1. The molecule has 0 aromatic carbocycles. The third kappa shape index (κ3) is 1.52. The van der Waals surface area contributed by atoms with Gasteiger partial charge in [-0.3, -0.25) is 5.32 Å². The summed E-state index contributed by atoms with van der Waals surface area (Å²) in [5.41, 5.74) is 0. The predicted molar refractivity (Wildman–Crippen MR) is 41.8 cm³/mol. The lowest BCUT2D eigenvalue weighted by atomic mass is 10.7. The first kappa shape index (κ1) is 8.51. The maximum absolute atomic E-state index is 10.7. The first-order chi connectivity index (χ1) is 5.65. The fraction of sp³-hybridized carbons (Fsp3) is 0.500. The van der Waals surface area contributed by atoms with Crippen molar-refractivity contribution < 1.29 is 9.53 Å². The van der Waals surface area contributed by atoms with E-state index in [0.717, 1.165) is 5.82 Å². The van der Waals surface area contributed by atoms with Crippen LogP contribution in [0, 0.1) is 6.92 Å². The molecule has 0 atom stereocenters. The fourth-order valence-corrected chi connectivity index (χ4v) is 0.658. The van der Waals surface area contributed by atoms with Crippen molar-refractivity contribution in [3.05, 3.63) is 5.82 Å². The monoisotopic (exact) mass is 170 g/mol. The molecule has 0 radical (unpaired) electrons. The smallest absolute Gasteiger partial charge is 0.413 e. The first-order valence-electron chi connectivity index (χ1n) is 3.36. The Hall–Kier alpha value is -1.59. The fourth-order valence-electron chi connectivity index (χ4n) is 0.658. The average molecular weight is 170 g/mol. The highest BCUT2D eigenvalue weighted by Gasteiger charge is 2.07. The highest BCUT2D eigenvalue weighted by molar-refractivity contribution is 5.82. The lowest BCUT2D eigenvalue weighted by Crippen LogP contribution is -2.14. The quantitative estimate of drug-likeness (QED) is 0.658. The number of anilines is 1. The summed E-state index contributed by atoms with van der Waals surface area (Å²) in [6.45, 7) is 1.79. The molecule has 1 aromatic rings. The molecule has 0 aliphatic heterocycles. The second-order valence-electron chi connectivity index (χ2n) is 2.25. The number of nitrogens with one attached hydrogen (secondary N) is 1. The van der Waals surface area contributed by atoms with Gasteiger partial charge in [-0.25, -0.2) is 4.79 Å². The molecule has 1 N–H and O–H groups in total. The molecule has 0 aliphatic carbocycles. The molecule has 0 saturated carbocycles. The van der Waals surface area contributed by atoms with Crippen LogP contribution in [0.15, 0.2) is 0 Å². The summed E-state index contributed by atoms with van der Waals surface area (Å²) < 4.78 is 6.04. The Morgan fingerprint density at radius 2 is 2.25 bits per heavy atom. The number of carbonyl (C=O) groups is 1. The van der Waals surface area contributed by atoms with Crippen LogP contribution in [-0.2, 0) is 11.8 Å². The van der Waals surface area contributed by atoms with E-state index in [1.165, 1.54) is 7.11 Å². The zero-order valence-corrected chi connectivity index (χ0v) is 7.16. The molecule has 1 amide bonds. The van der Waals surface area contributed by atoms with Crippen molar-refractivity contribution in [2.75, 3.05) is 12.4 Å². The third-order valence-electron chi connectivity index (χ3n) is 1.49. The maximum atomic E-state index is 10.7. The van der Waals surface area contributed by atoms with Gasteiger partial charge in [0.05, 0.1) is 7.11 Å². The van der Waals surface area contributed by atoms with Gasteiger partial charge in [0.2, 0.25) is 5.95 Å². The number of methoxy groups -OCH3 is 1. The van der Waals surface area contributed by atoms with Gasteiger partial charge in [0.25, 0.3) is 0 Å². The zero-order valence-electron chi connectivity index (χ0n) is 7.16. The van der Waals surface area contributed by atoms with Crippen molar-refractivity contribution in [2.45, 2.75) is 6.92 Å². The molecule has 0 spiro atoms. The Bertz CT molecular complexity index is 294. The predicted octanol–water partition coefficient (Wildman–Crippen LogP) is 0.302. The molecule has 0 fully saturated rings. The van der Waals surface area contributed by atoms with Crippen molar-refractivity contribution in [2.24, 2.45) is 7.05 Å². The Balaban J connectivity index is 2.76. The first-order valence-corrected chi connectivity index (χ1v) is 3.36. The largest absolute Gasteiger partial charge is 0.453 e. The van der Waals surface area contributed by atoms with Crippen LogP contribution in [0.2, 0.25) is 0 Å². The van der Waals surface area contributed by atoms with Crippen LogP contribution in [0.5, 0.6) is 0 Å². The number of hydrogen-bond acceptors (Lipinski definition) is 4. The van der Waals surface area contributed by atoms with Crippen molar-refractivity contribution in [1.29, 1.82) is 0 Å². The number of hydrogen-bond donors (Lipinski definition) is 1. The van der Waals surface area contributed by atoms with Crippen molar-refractivity contribution in [1.82, 2.24) is 14.8 Å². The van der Waals surface area contributed by atoms with Gasteiger partial charge < -0.3 is 9.30 Å². The van der Waals surface area contributed by atoms with Gasteiger partial charge in [-0.2, -0.15) is 0 Å². The van der Waals surface area contributed by atoms with E-state index in [0.29, 0.717) is 5.95 Å². The molecular weight excluding hydrogens is 160 g/mol.